The largest absolute Gasteiger partial charge is 0.352 e. The van der Waals surface area contributed by atoms with Gasteiger partial charge in [0.1, 0.15) is 0 Å². The van der Waals surface area contributed by atoms with Crippen molar-refractivity contribution in [1.29, 1.82) is 0 Å². The van der Waals surface area contributed by atoms with E-state index in [1.54, 1.807) is 0 Å². The molecule has 0 aromatic heterocycles. The number of benzene rings is 2. The predicted octanol–water partition coefficient (Wildman–Crippen LogP) is 4.04. The molecule has 0 heterocycles. The quantitative estimate of drug-likeness (QED) is 0.890. The van der Waals surface area contributed by atoms with Crippen molar-refractivity contribution in [3.05, 3.63) is 48.0 Å². The second-order valence-corrected chi connectivity index (χ2v) is 5.85. The standard InChI is InChI=1S/C18H21NO/c1-2-18(10-5-11-18)17(20)19-13-14-8-9-15-6-3-4-7-16(15)12-14/h3-4,6-9,12H,2,5,10-11,13H2,1H3,(H,19,20). The van der Waals surface area contributed by atoms with Gasteiger partial charge in [0.25, 0.3) is 0 Å². The van der Waals surface area contributed by atoms with Crippen molar-refractivity contribution >= 4 is 16.7 Å². The van der Waals surface area contributed by atoms with Crippen molar-refractivity contribution < 1.29 is 4.79 Å². The third kappa shape index (κ3) is 2.31. The van der Waals surface area contributed by atoms with Crippen LogP contribution in [0.2, 0.25) is 0 Å². The average Bonchev–Trinajstić information content (AvgIpc) is 2.44. The zero-order chi connectivity index (χ0) is 14.0. The normalized spacial score (nSPS) is 16.6. The highest BCUT2D eigenvalue weighted by atomic mass is 16.2. The molecule has 2 aromatic carbocycles. The summed E-state index contributed by atoms with van der Waals surface area (Å²) in [7, 11) is 0. The fourth-order valence-electron chi connectivity index (χ4n) is 3.06. The maximum Gasteiger partial charge on any atom is 0.226 e. The third-order valence-corrected chi connectivity index (χ3v) is 4.74. The van der Waals surface area contributed by atoms with Crippen LogP contribution >= 0.6 is 0 Å². The summed E-state index contributed by atoms with van der Waals surface area (Å²) >= 11 is 0. The van der Waals surface area contributed by atoms with Crippen LogP contribution in [0.25, 0.3) is 10.8 Å². The Labute approximate surface area is 120 Å². The van der Waals surface area contributed by atoms with Gasteiger partial charge in [0.2, 0.25) is 5.91 Å². The smallest absolute Gasteiger partial charge is 0.226 e. The summed E-state index contributed by atoms with van der Waals surface area (Å²) in [6.45, 7) is 2.75. The van der Waals surface area contributed by atoms with Gasteiger partial charge in [-0.05, 0) is 41.7 Å². The minimum absolute atomic E-state index is 0.0726. The second-order valence-electron chi connectivity index (χ2n) is 5.85. The number of fused-ring (bicyclic) bond motifs is 1. The van der Waals surface area contributed by atoms with Gasteiger partial charge in [-0.3, -0.25) is 4.79 Å². The van der Waals surface area contributed by atoms with E-state index >= 15 is 0 Å². The molecule has 104 valence electrons. The number of amides is 1. The molecule has 2 aromatic rings. The molecular weight excluding hydrogens is 246 g/mol. The van der Waals surface area contributed by atoms with Crippen molar-refractivity contribution in [2.24, 2.45) is 5.41 Å². The molecule has 0 bridgehead atoms. The first kappa shape index (κ1) is 13.2. The minimum Gasteiger partial charge on any atom is -0.352 e. The Morgan fingerprint density at radius 3 is 2.55 bits per heavy atom. The fourth-order valence-corrected chi connectivity index (χ4v) is 3.06. The topological polar surface area (TPSA) is 29.1 Å². The van der Waals surface area contributed by atoms with E-state index in [-0.39, 0.29) is 11.3 Å². The third-order valence-electron chi connectivity index (χ3n) is 4.74. The molecule has 1 aliphatic rings. The molecule has 1 fully saturated rings. The Kier molecular flexibility index (Phi) is 3.47. The van der Waals surface area contributed by atoms with E-state index in [0.717, 1.165) is 19.3 Å². The van der Waals surface area contributed by atoms with Crippen LogP contribution in [0.15, 0.2) is 42.5 Å². The SMILES string of the molecule is CCC1(C(=O)NCc2ccc3ccccc3c2)CCC1. The molecular formula is C18H21NO. The van der Waals surface area contributed by atoms with Gasteiger partial charge in [-0.2, -0.15) is 0 Å². The van der Waals surface area contributed by atoms with E-state index in [1.165, 1.54) is 22.8 Å². The molecule has 1 saturated carbocycles. The van der Waals surface area contributed by atoms with Gasteiger partial charge in [0, 0.05) is 12.0 Å². The zero-order valence-electron chi connectivity index (χ0n) is 12.0. The van der Waals surface area contributed by atoms with Crippen LogP contribution in [-0.2, 0) is 11.3 Å². The van der Waals surface area contributed by atoms with Gasteiger partial charge in [-0.25, -0.2) is 0 Å². The number of carbonyl (C=O) groups is 1. The summed E-state index contributed by atoms with van der Waals surface area (Å²) in [4.78, 5) is 12.3. The first-order chi connectivity index (χ1) is 9.73. The number of hydrogen-bond acceptors (Lipinski definition) is 1. The Morgan fingerprint density at radius 2 is 1.90 bits per heavy atom. The van der Waals surface area contributed by atoms with Crippen LogP contribution in [0.4, 0.5) is 0 Å². The monoisotopic (exact) mass is 267 g/mol. The molecule has 2 nitrogen and oxygen atoms in total. The molecule has 20 heavy (non-hydrogen) atoms. The summed E-state index contributed by atoms with van der Waals surface area (Å²) in [6.07, 6.45) is 4.24. The van der Waals surface area contributed by atoms with Crippen LogP contribution in [0.1, 0.15) is 38.2 Å². The molecule has 0 saturated heterocycles. The molecule has 1 aliphatic carbocycles. The van der Waals surface area contributed by atoms with Crippen LogP contribution in [0.5, 0.6) is 0 Å². The summed E-state index contributed by atoms with van der Waals surface area (Å²) in [5.41, 5.74) is 1.10. The minimum atomic E-state index is -0.0726. The first-order valence-electron chi connectivity index (χ1n) is 7.49. The summed E-state index contributed by atoms with van der Waals surface area (Å²) in [5.74, 6) is 0.236. The number of rotatable bonds is 4. The number of hydrogen-bond donors (Lipinski definition) is 1. The summed E-state index contributed by atoms with van der Waals surface area (Å²) in [6, 6.07) is 14.7. The average molecular weight is 267 g/mol. The van der Waals surface area contributed by atoms with E-state index in [9.17, 15) is 4.79 Å². The maximum absolute atomic E-state index is 12.3. The van der Waals surface area contributed by atoms with Crippen LogP contribution in [0.3, 0.4) is 0 Å². The zero-order valence-corrected chi connectivity index (χ0v) is 12.0. The van der Waals surface area contributed by atoms with Crippen molar-refractivity contribution in [3.63, 3.8) is 0 Å². The number of nitrogens with one attached hydrogen (secondary N) is 1. The van der Waals surface area contributed by atoms with Crippen molar-refractivity contribution in [1.82, 2.24) is 5.32 Å². The van der Waals surface area contributed by atoms with Crippen molar-refractivity contribution in [3.8, 4) is 0 Å². The molecule has 0 atom stereocenters. The highest BCUT2D eigenvalue weighted by Crippen LogP contribution is 2.43. The van der Waals surface area contributed by atoms with Gasteiger partial charge in [0.05, 0.1) is 0 Å². The molecule has 1 amide bonds. The van der Waals surface area contributed by atoms with Gasteiger partial charge < -0.3 is 5.32 Å². The highest BCUT2D eigenvalue weighted by Gasteiger charge is 2.41. The molecule has 3 rings (SSSR count). The fraction of sp³-hybridized carbons (Fsp3) is 0.389. The number of carbonyl (C=O) groups excluding carboxylic acids is 1. The van der Waals surface area contributed by atoms with Crippen LogP contribution in [-0.4, -0.2) is 5.91 Å². The molecule has 1 N–H and O–H groups in total. The van der Waals surface area contributed by atoms with Crippen molar-refractivity contribution in [2.45, 2.75) is 39.2 Å². The molecule has 0 aliphatic heterocycles. The van der Waals surface area contributed by atoms with Gasteiger partial charge in [-0.15, -0.1) is 0 Å². The lowest BCUT2D eigenvalue weighted by atomic mass is 9.66. The molecule has 2 heteroatoms. The van der Waals surface area contributed by atoms with E-state index in [0.29, 0.717) is 6.54 Å². The lowest BCUT2D eigenvalue weighted by molar-refractivity contribution is -0.136. The first-order valence-corrected chi connectivity index (χ1v) is 7.49. The van der Waals surface area contributed by atoms with Crippen LogP contribution in [0, 0.1) is 5.41 Å². The van der Waals surface area contributed by atoms with E-state index in [2.05, 4.69) is 42.6 Å². The van der Waals surface area contributed by atoms with Gasteiger partial charge in [0.15, 0.2) is 0 Å². The van der Waals surface area contributed by atoms with Gasteiger partial charge >= 0.3 is 0 Å². The lowest BCUT2D eigenvalue weighted by Gasteiger charge is -2.39. The Bertz CT molecular complexity index is 623. The Hall–Kier alpha value is -1.83. The molecule has 0 spiro atoms. The Balaban J connectivity index is 1.69. The van der Waals surface area contributed by atoms with E-state index in [4.69, 9.17) is 0 Å². The van der Waals surface area contributed by atoms with Crippen molar-refractivity contribution in [2.75, 3.05) is 0 Å². The maximum atomic E-state index is 12.3. The summed E-state index contributed by atoms with van der Waals surface area (Å²) in [5, 5.41) is 5.59. The predicted molar refractivity (Wildman–Crippen MR) is 82.4 cm³/mol. The molecule has 0 radical (unpaired) electrons. The lowest BCUT2D eigenvalue weighted by Crippen LogP contribution is -2.44. The molecule has 0 unspecified atom stereocenters. The Morgan fingerprint density at radius 1 is 1.15 bits per heavy atom. The highest BCUT2D eigenvalue weighted by molar-refractivity contribution is 5.84. The van der Waals surface area contributed by atoms with Crippen LogP contribution < -0.4 is 5.32 Å². The second kappa shape index (κ2) is 5.28. The summed E-state index contributed by atoms with van der Waals surface area (Å²) < 4.78 is 0. The van der Waals surface area contributed by atoms with E-state index in [1.807, 2.05) is 12.1 Å². The van der Waals surface area contributed by atoms with Gasteiger partial charge in [-0.1, -0.05) is 49.7 Å². The van der Waals surface area contributed by atoms with E-state index < -0.39 is 0 Å².